The van der Waals surface area contributed by atoms with Crippen LogP contribution in [0.1, 0.15) is 81.7 Å². The van der Waals surface area contributed by atoms with Gasteiger partial charge in [-0.1, -0.05) is 50.3 Å². The Bertz CT molecular complexity index is 1370. The Balaban J connectivity index is 1.52. The van der Waals surface area contributed by atoms with Gasteiger partial charge in [-0.25, -0.2) is 9.97 Å². The number of aldehydes is 1. The molecule has 1 fully saturated rings. The highest BCUT2D eigenvalue weighted by Gasteiger charge is 2.38. The minimum Gasteiger partial charge on any atom is -0.368 e. The Morgan fingerprint density at radius 1 is 1.07 bits per heavy atom. The van der Waals surface area contributed by atoms with E-state index in [9.17, 15) is 9.59 Å². The molecule has 1 saturated heterocycles. The molecule has 0 spiro atoms. The van der Waals surface area contributed by atoms with Crippen molar-refractivity contribution in [2.75, 3.05) is 31.1 Å². The second-order valence-electron chi connectivity index (χ2n) is 12.1. The summed E-state index contributed by atoms with van der Waals surface area (Å²) >= 11 is 0. The zero-order chi connectivity index (χ0) is 29.2. The Morgan fingerprint density at radius 2 is 1.77 bits per heavy atom. The van der Waals surface area contributed by atoms with E-state index in [1.54, 1.807) is 6.20 Å². The Morgan fingerprint density at radius 3 is 2.40 bits per heavy atom. The fraction of sp³-hybridized carbons (Fsp3) is 0.455. The lowest BCUT2D eigenvalue weighted by Gasteiger charge is -2.48. The monoisotopic (exact) mass is 541 g/mol. The van der Waals surface area contributed by atoms with Crippen molar-refractivity contribution in [2.24, 2.45) is 0 Å². The summed E-state index contributed by atoms with van der Waals surface area (Å²) in [6, 6.07) is 8.55. The molecule has 2 aromatic rings. The fourth-order valence-corrected chi connectivity index (χ4v) is 5.75. The molecule has 0 radical (unpaired) electrons. The number of aromatic nitrogens is 2. The number of allylic oxidation sites excluding steroid dienone is 4. The van der Waals surface area contributed by atoms with Crippen LogP contribution in [-0.2, 0) is 17.8 Å². The molecule has 212 valence electrons. The highest BCUT2D eigenvalue weighted by atomic mass is 16.2. The van der Waals surface area contributed by atoms with Gasteiger partial charge in [-0.05, 0) is 69.7 Å². The molecular formula is C33H43N5O2. The number of anilines is 1. The van der Waals surface area contributed by atoms with Gasteiger partial charge in [-0.15, -0.1) is 0 Å². The smallest absolute Gasteiger partial charge is 0.274 e. The number of hydrogen-bond acceptors (Lipinski definition) is 6. The van der Waals surface area contributed by atoms with Crippen LogP contribution in [0.5, 0.6) is 0 Å². The van der Waals surface area contributed by atoms with Crippen molar-refractivity contribution in [3.8, 4) is 0 Å². The second kappa shape index (κ2) is 11.8. The molecule has 0 saturated carbocycles. The SMILES string of the molecule is C=C(/C=C(/C)C(C=O)=C(C)C)N1CCN(C(=O)c2cnc(N3CCc4ccccc4C3)c(C(C)C)n2)C(C)(C)C1. The molecular weight excluding hydrogens is 498 g/mol. The van der Waals surface area contributed by atoms with Crippen molar-refractivity contribution in [3.05, 3.63) is 88.0 Å². The minimum atomic E-state index is -0.445. The van der Waals surface area contributed by atoms with Crippen LogP contribution < -0.4 is 4.90 Å². The molecule has 1 aromatic heterocycles. The van der Waals surface area contributed by atoms with Gasteiger partial charge in [0.15, 0.2) is 5.82 Å². The number of fused-ring (bicyclic) bond motifs is 1. The first-order chi connectivity index (χ1) is 18.9. The molecule has 4 rings (SSSR count). The Hall–Kier alpha value is -3.74. The maximum absolute atomic E-state index is 13.8. The van der Waals surface area contributed by atoms with Crippen molar-refractivity contribution in [3.63, 3.8) is 0 Å². The number of benzene rings is 1. The number of carbonyl (C=O) groups is 2. The lowest BCUT2D eigenvalue weighted by atomic mass is 9.97. The number of nitrogens with zero attached hydrogens (tertiary/aromatic N) is 5. The van der Waals surface area contributed by atoms with Gasteiger partial charge in [0.05, 0.1) is 17.4 Å². The number of rotatable bonds is 7. The van der Waals surface area contributed by atoms with E-state index in [2.05, 4.69) is 68.3 Å². The summed E-state index contributed by atoms with van der Waals surface area (Å²) in [6.45, 7) is 21.9. The molecule has 2 aliphatic heterocycles. The number of amides is 1. The maximum Gasteiger partial charge on any atom is 0.274 e. The molecule has 1 amide bonds. The third-order valence-electron chi connectivity index (χ3n) is 7.99. The van der Waals surface area contributed by atoms with Gasteiger partial charge < -0.3 is 14.7 Å². The zero-order valence-corrected chi connectivity index (χ0v) is 25.1. The van der Waals surface area contributed by atoms with Crippen LogP contribution in [0.3, 0.4) is 0 Å². The van der Waals surface area contributed by atoms with Crippen LogP contribution in [0.2, 0.25) is 0 Å². The summed E-state index contributed by atoms with van der Waals surface area (Å²) in [4.78, 5) is 41.5. The van der Waals surface area contributed by atoms with Crippen molar-refractivity contribution < 1.29 is 9.59 Å². The molecule has 1 aromatic carbocycles. The van der Waals surface area contributed by atoms with Crippen LogP contribution >= 0.6 is 0 Å². The summed E-state index contributed by atoms with van der Waals surface area (Å²) in [5, 5.41) is 0. The van der Waals surface area contributed by atoms with E-state index in [-0.39, 0.29) is 11.8 Å². The predicted octanol–water partition coefficient (Wildman–Crippen LogP) is 5.69. The topological polar surface area (TPSA) is 69.6 Å². The summed E-state index contributed by atoms with van der Waals surface area (Å²) < 4.78 is 0. The quantitative estimate of drug-likeness (QED) is 0.255. The Labute approximate surface area is 239 Å². The molecule has 0 atom stereocenters. The summed E-state index contributed by atoms with van der Waals surface area (Å²) in [6.07, 6.45) is 5.48. The Kier molecular flexibility index (Phi) is 8.62. The van der Waals surface area contributed by atoms with Crippen LogP contribution in [0.15, 0.2) is 65.5 Å². The third kappa shape index (κ3) is 6.03. The van der Waals surface area contributed by atoms with Gasteiger partial charge in [0.1, 0.15) is 12.0 Å². The fourth-order valence-electron chi connectivity index (χ4n) is 5.75. The molecule has 40 heavy (non-hydrogen) atoms. The van der Waals surface area contributed by atoms with Crippen LogP contribution in [-0.4, -0.2) is 63.7 Å². The lowest BCUT2D eigenvalue weighted by Crippen LogP contribution is -2.60. The van der Waals surface area contributed by atoms with Crippen molar-refractivity contribution in [1.82, 2.24) is 19.8 Å². The van der Waals surface area contributed by atoms with Gasteiger partial charge in [-0.2, -0.15) is 0 Å². The molecule has 0 bridgehead atoms. The van der Waals surface area contributed by atoms with E-state index >= 15 is 0 Å². The number of piperazine rings is 1. The average molecular weight is 542 g/mol. The van der Waals surface area contributed by atoms with E-state index in [1.165, 1.54) is 11.1 Å². The first-order valence-corrected chi connectivity index (χ1v) is 14.2. The van der Waals surface area contributed by atoms with E-state index in [0.29, 0.717) is 30.9 Å². The molecule has 0 unspecified atom stereocenters. The summed E-state index contributed by atoms with van der Waals surface area (Å²) in [5.74, 6) is 0.905. The second-order valence-corrected chi connectivity index (χ2v) is 12.1. The first kappa shape index (κ1) is 29.2. The summed E-state index contributed by atoms with van der Waals surface area (Å²) in [5.41, 5.74) is 6.93. The van der Waals surface area contributed by atoms with Gasteiger partial charge in [0, 0.05) is 44.0 Å². The van der Waals surface area contributed by atoms with Gasteiger partial charge in [-0.3, -0.25) is 9.59 Å². The van der Waals surface area contributed by atoms with E-state index in [4.69, 9.17) is 9.97 Å². The maximum atomic E-state index is 13.8. The largest absolute Gasteiger partial charge is 0.368 e. The van der Waals surface area contributed by atoms with Crippen LogP contribution in [0.4, 0.5) is 5.82 Å². The third-order valence-corrected chi connectivity index (χ3v) is 7.99. The van der Waals surface area contributed by atoms with Crippen molar-refractivity contribution in [2.45, 2.75) is 72.9 Å². The minimum absolute atomic E-state index is 0.0975. The molecule has 7 nitrogen and oxygen atoms in total. The van der Waals surface area contributed by atoms with E-state index in [0.717, 1.165) is 54.2 Å². The van der Waals surface area contributed by atoms with Crippen LogP contribution in [0.25, 0.3) is 0 Å². The normalized spacial score (nSPS) is 17.0. The molecule has 7 heteroatoms. The standard InChI is InChI=1S/C33H43N5O2/c1-22(2)28(20-39)24(5)17-25(6)37-15-16-38(33(7,8)21-37)32(40)29-18-34-31(30(35-29)23(3)4)36-14-13-26-11-9-10-12-27(26)19-36/h9-12,17-18,20,23H,6,13-16,19,21H2,1-5,7-8H3/b24-17-. The van der Waals surface area contributed by atoms with Gasteiger partial charge in [0.25, 0.3) is 5.91 Å². The first-order valence-electron chi connectivity index (χ1n) is 14.2. The van der Waals surface area contributed by atoms with E-state index < -0.39 is 5.54 Å². The predicted molar refractivity (Wildman–Crippen MR) is 161 cm³/mol. The number of carbonyl (C=O) groups excluding carboxylic acids is 2. The molecule has 3 heterocycles. The van der Waals surface area contributed by atoms with Crippen LogP contribution in [0, 0.1) is 0 Å². The molecule has 0 aliphatic carbocycles. The van der Waals surface area contributed by atoms with Crippen molar-refractivity contribution >= 4 is 18.0 Å². The molecule has 2 aliphatic rings. The molecule has 0 N–H and O–H groups in total. The van der Waals surface area contributed by atoms with Crippen molar-refractivity contribution in [1.29, 1.82) is 0 Å². The van der Waals surface area contributed by atoms with Gasteiger partial charge >= 0.3 is 0 Å². The highest BCUT2D eigenvalue weighted by molar-refractivity contribution is 5.93. The average Bonchev–Trinajstić information content (AvgIpc) is 2.91. The van der Waals surface area contributed by atoms with Gasteiger partial charge in [0.2, 0.25) is 0 Å². The number of hydrogen-bond donors (Lipinski definition) is 0. The zero-order valence-electron chi connectivity index (χ0n) is 25.1. The summed E-state index contributed by atoms with van der Waals surface area (Å²) in [7, 11) is 0. The highest BCUT2D eigenvalue weighted by Crippen LogP contribution is 2.30. The lowest BCUT2D eigenvalue weighted by molar-refractivity contribution is -0.104. The van der Waals surface area contributed by atoms with E-state index in [1.807, 2.05) is 31.7 Å².